The summed E-state index contributed by atoms with van der Waals surface area (Å²) in [7, 11) is 0. The summed E-state index contributed by atoms with van der Waals surface area (Å²) in [6.07, 6.45) is -4.55. The zero-order valence-electron chi connectivity index (χ0n) is 9.05. The minimum Gasteiger partial charge on any atom is -0.482 e. The number of carbonyl (C=O) groups is 1. The summed E-state index contributed by atoms with van der Waals surface area (Å²) in [4.78, 5) is 11.0. The molecule has 3 N–H and O–H groups in total. The van der Waals surface area contributed by atoms with Crippen LogP contribution in [-0.4, -0.2) is 25.2 Å². The van der Waals surface area contributed by atoms with E-state index in [1.807, 2.05) is 0 Å². The lowest BCUT2D eigenvalue weighted by Gasteiger charge is -2.13. The first-order chi connectivity index (χ1) is 8.31. The molecular weight excluding hydrogens is 256 g/mol. The van der Waals surface area contributed by atoms with Crippen molar-refractivity contribution in [2.24, 2.45) is 5.73 Å². The maximum atomic E-state index is 12.9. The van der Waals surface area contributed by atoms with Gasteiger partial charge in [-0.05, 0) is 12.1 Å². The van der Waals surface area contributed by atoms with Gasteiger partial charge in [-0.3, -0.25) is 4.79 Å². The van der Waals surface area contributed by atoms with E-state index >= 15 is 0 Å². The minimum absolute atomic E-state index is 0.0731. The van der Waals surface area contributed by atoms with Crippen molar-refractivity contribution in [1.82, 2.24) is 0 Å². The third-order valence-corrected chi connectivity index (χ3v) is 1.79. The molecule has 0 fully saturated rings. The molecule has 0 aromatic heterocycles. The van der Waals surface area contributed by atoms with Gasteiger partial charge >= 0.3 is 6.18 Å². The summed E-state index contributed by atoms with van der Waals surface area (Å²) in [6.45, 7) is -1.93. The number of hydrogen-bond donors (Lipinski definition) is 2. The van der Waals surface area contributed by atoms with Crippen molar-refractivity contribution < 1.29 is 27.1 Å². The van der Waals surface area contributed by atoms with Crippen LogP contribution in [0.15, 0.2) is 18.2 Å². The van der Waals surface area contributed by atoms with Crippen molar-refractivity contribution in [3.63, 3.8) is 0 Å². The number of amides is 1. The smallest absolute Gasteiger partial charge is 0.422 e. The van der Waals surface area contributed by atoms with Gasteiger partial charge in [-0.2, -0.15) is 13.2 Å². The summed E-state index contributed by atoms with van der Waals surface area (Å²) in [5.41, 5.74) is 4.96. The highest BCUT2D eigenvalue weighted by atomic mass is 19.4. The molecule has 0 heterocycles. The van der Waals surface area contributed by atoms with E-state index in [0.717, 1.165) is 18.2 Å². The summed E-state index contributed by atoms with van der Waals surface area (Å²) in [5.74, 6) is -1.81. The Kier molecular flexibility index (Phi) is 4.49. The zero-order chi connectivity index (χ0) is 13.8. The molecule has 0 saturated carbocycles. The Hall–Kier alpha value is -1.83. The van der Waals surface area contributed by atoms with Crippen molar-refractivity contribution in [2.45, 2.75) is 6.18 Å². The van der Waals surface area contributed by atoms with Crippen LogP contribution in [0.5, 0.6) is 5.75 Å². The second-order valence-electron chi connectivity index (χ2n) is 3.30. The summed E-state index contributed by atoms with van der Waals surface area (Å²) < 4.78 is 53.2. The molecule has 0 saturated heterocycles. The largest absolute Gasteiger partial charge is 0.482 e. The number of nitrogens with one attached hydrogen (secondary N) is 1. The monoisotopic (exact) mass is 266 g/mol. The van der Waals surface area contributed by atoms with E-state index in [9.17, 15) is 22.4 Å². The van der Waals surface area contributed by atoms with Crippen molar-refractivity contribution in [3.05, 3.63) is 24.0 Å². The van der Waals surface area contributed by atoms with Crippen LogP contribution in [0.25, 0.3) is 0 Å². The first-order valence-corrected chi connectivity index (χ1v) is 4.81. The lowest BCUT2D eigenvalue weighted by atomic mass is 10.2. The zero-order valence-corrected chi connectivity index (χ0v) is 9.05. The second-order valence-corrected chi connectivity index (χ2v) is 3.30. The van der Waals surface area contributed by atoms with E-state index in [2.05, 4.69) is 10.1 Å². The van der Waals surface area contributed by atoms with E-state index in [0.29, 0.717) is 0 Å². The molecule has 0 aliphatic heterocycles. The van der Waals surface area contributed by atoms with Crippen LogP contribution < -0.4 is 15.8 Å². The molecule has 0 aliphatic rings. The number of benzene rings is 1. The van der Waals surface area contributed by atoms with Gasteiger partial charge in [-0.15, -0.1) is 0 Å². The lowest BCUT2D eigenvalue weighted by Crippen LogP contribution is -2.23. The number of nitrogens with two attached hydrogens (primary N) is 1. The Morgan fingerprint density at radius 2 is 2.06 bits per heavy atom. The van der Waals surface area contributed by atoms with Crippen molar-refractivity contribution >= 4 is 11.6 Å². The Morgan fingerprint density at radius 1 is 1.39 bits per heavy atom. The maximum Gasteiger partial charge on any atom is 0.422 e. The van der Waals surface area contributed by atoms with E-state index < -0.39 is 30.3 Å². The maximum absolute atomic E-state index is 12.9. The van der Waals surface area contributed by atoms with E-state index in [1.165, 1.54) is 0 Å². The van der Waals surface area contributed by atoms with Crippen LogP contribution in [-0.2, 0) is 4.79 Å². The van der Waals surface area contributed by atoms with Crippen LogP contribution in [0.1, 0.15) is 0 Å². The van der Waals surface area contributed by atoms with E-state index in [4.69, 9.17) is 5.73 Å². The van der Waals surface area contributed by atoms with Crippen molar-refractivity contribution in [1.29, 1.82) is 0 Å². The number of hydrogen-bond acceptors (Lipinski definition) is 3. The predicted octanol–water partition coefficient (Wildman–Crippen LogP) is 1.66. The van der Waals surface area contributed by atoms with Crippen LogP contribution >= 0.6 is 0 Å². The van der Waals surface area contributed by atoms with Gasteiger partial charge < -0.3 is 15.8 Å². The molecule has 1 aromatic carbocycles. The third kappa shape index (κ3) is 4.58. The van der Waals surface area contributed by atoms with Crippen molar-refractivity contribution in [2.75, 3.05) is 18.5 Å². The average Bonchev–Trinajstić information content (AvgIpc) is 2.28. The third-order valence-electron chi connectivity index (χ3n) is 1.79. The number of anilines is 1. The van der Waals surface area contributed by atoms with Crippen molar-refractivity contribution in [3.8, 4) is 5.75 Å². The minimum atomic E-state index is -4.55. The molecule has 0 radical (unpaired) electrons. The highest BCUT2D eigenvalue weighted by Crippen LogP contribution is 2.27. The summed E-state index contributed by atoms with van der Waals surface area (Å²) in [5, 5.41) is 2.20. The number of ether oxygens (including phenoxy) is 1. The fraction of sp³-hybridized carbons (Fsp3) is 0.300. The Bertz CT molecular complexity index is 434. The molecule has 8 heteroatoms. The highest BCUT2D eigenvalue weighted by Gasteiger charge is 2.29. The summed E-state index contributed by atoms with van der Waals surface area (Å²) in [6, 6.07) is 2.82. The number of rotatable bonds is 4. The molecule has 1 aromatic rings. The molecule has 1 amide bonds. The Balaban J connectivity index is 2.86. The lowest BCUT2D eigenvalue weighted by molar-refractivity contribution is -0.153. The second kappa shape index (κ2) is 5.67. The standard InChI is InChI=1S/C10H10F4N2O2/c11-6-1-2-7(16-9(17)4-15)8(3-6)18-5-10(12,13)14/h1-3H,4-5,15H2,(H,16,17). The van der Waals surface area contributed by atoms with Gasteiger partial charge in [0.2, 0.25) is 5.91 Å². The quantitative estimate of drug-likeness (QED) is 0.815. The predicted molar refractivity (Wildman–Crippen MR) is 55.6 cm³/mol. The van der Waals surface area contributed by atoms with E-state index in [1.54, 1.807) is 0 Å². The molecule has 100 valence electrons. The Morgan fingerprint density at radius 3 is 2.61 bits per heavy atom. The fourth-order valence-corrected chi connectivity index (χ4v) is 1.08. The number of carbonyl (C=O) groups excluding carboxylic acids is 1. The number of alkyl halides is 3. The molecule has 18 heavy (non-hydrogen) atoms. The Labute approximate surface area is 99.7 Å². The van der Waals surface area contributed by atoms with Gasteiger partial charge in [0, 0.05) is 6.07 Å². The van der Waals surface area contributed by atoms with Gasteiger partial charge in [0.15, 0.2) is 6.61 Å². The molecule has 0 atom stereocenters. The van der Waals surface area contributed by atoms with Gasteiger partial charge in [-0.1, -0.05) is 0 Å². The molecule has 0 aliphatic carbocycles. The molecule has 0 bridgehead atoms. The van der Waals surface area contributed by atoms with Crippen LogP contribution in [0.4, 0.5) is 23.2 Å². The van der Waals surface area contributed by atoms with Gasteiger partial charge in [0.1, 0.15) is 11.6 Å². The first kappa shape index (κ1) is 14.2. The molecule has 0 spiro atoms. The SMILES string of the molecule is NCC(=O)Nc1ccc(F)cc1OCC(F)(F)F. The average molecular weight is 266 g/mol. The van der Waals surface area contributed by atoms with Crippen LogP contribution in [0.2, 0.25) is 0 Å². The molecule has 1 rings (SSSR count). The van der Waals surface area contributed by atoms with Crippen LogP contribution in [0, 0.1) is 5.82 Å². The number of halogens is 4. The normalized spacial score (nSPS) is 11.2. The molecule has 0 unspecified atom stereocenters. The highest BCUT2D eigenvalue weighted by molar-refractivity contribution is 5.93. The van der Waals surface area contributed by atoms with Gasteiger partial charge in [0.25, 0.3) is 0 Å². The van der Waals surface area contributed by atoms with Crippen LogP contribution in [0.3, 0.4) is 0 Å². The summed E-state index contributed by atoms with van der Waals surface area (Å²) >= 11 is 0. The molecular formula is C10H10F4N2O2. The fourth-order valence-electron chi connectivity index (χ4n) is 1.08. The van der Waals surface area contributed by atoms with Gasteiger partial charge in [-0.25, -0.2) is 4.39 Å². The molecule has 4 nitrogen and oxygen atoms in total. The first-order valence-electron chi connectivity index (χ1n) is 4.81. The van der Waals surface area contributed by atoms with Gasteiger partial charge in [0.05, 0.1) is 12.2 Å². The topological polar surface area (TPSA) is 64.4 Å². The van der Waals surface area contributed by atoms with E-state index in [-0.39, 0.29) is 12.2 Å².